The SMILES string of the molecule is Cc1cccc(N2CC(=O)N(c3ccccc3F)[C@@H](c3ccc(C(C)C)cc3)C2=O)c1C. The van der Waals surface area contributed by atoms with Crippen LogP contribution < -0.4 is 9.80 Å². The predicted octanol–water partition coefficient (Wildman–Crippen LogP) is 5.69. The summed E-state index contributed by atoms with van der Waals surface area (Å²) < 4.78 is 14.8. The summed E-state index contributed by atoms with van der Waals surface area (Å²) in [6.45, 7) is 7.97. The number of amides is 2. The lowest BCUT2D eigenvalue weighted by atomic mass is 9.95. The molecule has 0 N–H and O–H groups in total. The van der Waals surface area contributed by atoms with E-state index in [1.165, 1.54) is 15.9 Å². The maximum atomic E-state index is 14.8. The number of benzene rings is 3. The number of aryl methyl sites for hydroxylation is 1. The number of para-hydroxylation sites is 1. The Morgan fingerprint density at radius 2 is 1.53 bits per heavy atom. The minimum absolute atomic E-state index is 0.115. The maximum Gasteiger partial charge on any atom is 0.255 e. The van der Waals surface area contributed by atoms with Crippen LogP contribution in [0.3, 0.4) is 0 Å². The Kier molecular flexibility index (Phi) is 5.83. The van der Waals surface area contributed by atoms with E-state index in [9.17, 15) is 14.0 Å². The Morgan fingerprint density at radius 1 is 0.875 bits per heavy atom. The summed E-state index contributed by atoms with van der Waals surface area (Å²) in [5.74, 6) is -0.771. The average molecular weight is 431 g/mol. The van der Waals surface area contributed by atoms with Crippen molar-refractivity contribution in [2.75, 3.05) is 16.3 Å². The van der Waals surface area contributed by atoms with Gasteiger partial charge in [-0.3, -0.25) is 14.5 Å². The standard InChI is InChI=1S/C27H27FN2O2/c1-17(2)20-12-14-21(15-13-20)26-27(32)29(23-11-7-8-18(3)19(23)4)16-25(31)30(26)24-10-6-5-9-22(24)28/h5-15,17,26H,16H2,1-4H3/t26-/m0/s1. The quantitative estimate of drug-likeness (QED) is 0.534. The molecule has 1 fully saturated rings. The van der Waals surface area contributed by atoms with E-state index in [0.717, 1.165) is 16.7 Å². The van der Waals surface area contributed by atoms with E-state index in [4.69, 9.17) is 0 Å². The summed E-state index contributed by atoms with van der Waals surface area (Å²) in [6, 6.07) is 18.5. The second kappa shape index (κ2) is 8.58. The molecule has 164 valence electrons. The number of hydrogen-bond acceptors (Lipinski definition) is 2. The van der Waals surface area contributed by atoms with E-state index in [0.29, 0.717) is 17.2 Å². The normalized spacial score (nSPS) is 16.8. The summed E-state index contributed by atoms with van der Waals surface area (Å²) in [4.78, 5) is 30.1. The molecule has 0 aliphatic carbocycles. The largest absolute Gasteiger partial charge is 0.301 e. The van der Waals surface area contributed by atoms with Crippen LogP contribution in [-0.4, -0.2) is 18.4 Å². The van der Waals surface area contributed by atoms with Crippen molar-refractivity contribution in [3.8, 4) is 0 Å². The van der Waals surface area contributed by atoms with E-state index in [1.807, 2.05) is 56.3 Å². The van der Waals surface area contributed by atoms with Gasteiger partial charge >= 0.3 is 0 Å². The highest BCUT2D eigenvalue weighted by molar-refractivity contribution is 6.14. The molecule has 0 spiro atoms. The molecule has 0 unspecified atom stereocenters. The molecule has 5 heteroatoms. The molecule has 32 heavy (non-hydrogen) atoms. The molecule has 0 aromatic heterocycles. The Labute approximate surface area is 188 Å². The van der Waals surface area contributed by atoms with E-state index in [-0.39, 0.29) is 24.0 Å². The third-order valence-corrected chi connectivity index (χ3v) is 6.22. The molecule has 3 aromatic rings. The summed E-state index contributed by atoms with van der Waals surface area (Å²) in [5.41, 5.74) is 4.60. The van der Waals surface area contributed by atoms with Crippen molar-refractivity contribution in [3.05, 3.63) is 94.8 Å². The van der Waals surface area contributed by atoms with Crippen molar-refractivity contribution >= 4 is 23.2 Å². The molecule has 0 saturated carbocycles. The zero-order valence-corrected chi connectivity index (χ0v) is 18.8. The van der Waals surface area contributed by atoms with Crippen molar-refractivity contribution in [3.63, 3.8) is 0 Å². The molecule has 2 amide bonds. The first-order valence-electron chi connectivity index (χ1n) is 10.8. The van der Waals surface area contributed by atoms with Crippen LogP contribution in [-0.2, 0) is 9.59 Å². The van der Waals surface area contributed by atoms with Gasteiger partial charge in [-0.1, -0.05) is 62.4 Å². The molecular formula is C27H27FN2O2. The first-order chi connectivity index (χ1) is 15.3. The van der Waals surface area contributed by atoms with Crippen molar-refractivity contribution in [2.45, 2.75) is 39.7 Å². The van der Waals surface area contributed by atoms with Gasteiger partial charge in [0.1, 0.15) is 18.4 Å². The van der Waals surface area contributed by atoms with Gasteiger partial charge in [0.15, 0.2) is 0 Å². The summed E-state index contributed by atoms with van der Waals surface area (Å²) >= 11 is 0. The highest BCUT2D eigenvalue weighted by atomic mass is 19.1. The van der Waals surface area contributed by atoms with Crippen LogP contribution in [0.15, 0.2) is 66.7 Å². The molecule has 1 aliphatic heterocycles. The van der Waals surface area contributed by atoms with Crippen molar-refractivity contribution < 1.29 is 14.0 Å². The van der Waals surface area contributed by atoms with Gasteiger partial charge in [0.05, 0.1) is 5.69 Å². The second-order valence-corrected chi connectivity index (χ2v) is 8.58. The number of hydrogen-bond donors (Lipinski definition) is 0. The summed E-state index contributed by atoms with van der Waals surface area (Å²) in [5, 5.41) is 0. The molecule has 1 atom stereocenters. The fourth-order valence-electron chi connectivity index (χ4n) is 4.20. The van der Waals surface area contributed by atoms with Crippen molar-refractivity contribution in [1.82, 2.24) is 0 Å². The zero-order valence-electron chi connectivity index (χ0n) is 18.8. The fraction of sp³-hybridized carbons (Fsp3) is 0.259. The van der Waals surface area contributed by atoms with Crippen LogP contribution in [0.5, 0.6) is 0 Å². The van der Waals surface area contributed by atoms with Gasteiger partial charge in [0.25, 0.3) is 5.91 Å². The van der Waals surface area contributed by atoms with Gasteiger partial charge in [0.2, 0.25) is 5.91 Å². The molecule has 3 aromatic carbocycles. The monoisotopic (exact) mass is 430 g/mol. The minimum atomic E-state index is -0.950. The molecule has 0 radical (unpaired) electrons. The zero-order chi connectivity index (χ0) is 23.0. The molecule has 4 rings (SSSR count). The van der Waals surface area contributed by atoms with Crippen LogP contribution in [0, 0.1) is 19.7 Å². The number of piperazine rings is 1. The Hall–Kier alpha value is -3.47. The average Bonchev–Trinajstić information content (AvgIpc) is 2.77. The number of nitrogens with zero attached hydrogens (tertiary/aromatic N) is 2. The highest BCUT2D eigenvalue weighted by Crippen LogP contribution is 2.37. The van der Waals surface area contributed by atoms with E-state index >= 15 is 0 Å². The number of anilines is 2. The van der Waals surface area contributed by atoms with Crippen LogP contribution in [0.1, 0.15) is 48.1 Å². The number of rotatable bonds is 4. The number of carbonyl (C=O) groups excluding carboxylic acids is 2. The summed E-state index contributed by atoms with van der Waals surface area (Å²) in [7, 11) is 0. The van der Waals surface area contributed by atoms with Gasteiger partial charge in [-0.2, -0.15) is 0 Å². The first kappa shape index (κ1) is 21.8. The van der Waals surface area contributed by atoms with Crippen LogP contribution in [0.25, 0.3) is 0 Å². The molecule has 1 saturated heterocycles. The smallest absolute Gasteiger partial charge is 0.255 e. The van der Waals surface area contributed by atoms with E-state index in [1.54, 1.807) is 18.2 Å². The topological polar surface area (TPSA) is 40.6 Å². The number of halogens is 1. The van der Waals surface area contributed by atoms with Gasteiger partial charge in [-0.05, 0) is 60.2 Å². The van der Waals surface area contributed by atoms with Gasteiger partial charge in [-0.15, -0.1) is 0 Å². The lowest BCUT2D eigenvalue weighted by Crippen LogP contribution is -2.56. The Balaban J connectivity index is 1.85. The number of carbonyl (C=O) groups is 2. The minimum Gasteiger partial charge on any atom is -0.301 e. The highest BCUT2D eigenvalue weighted by Gasteiger charge is 2.43. The van der Waals surface area contributed by atoms with Gasteiger partial charge in [0, 0.05) is 5.69 Å². The molecule has 4 nitrogen and oxygen atoms in total. The fourth-order valence-corrected chi connectivity index (χ4v) is 4.20. The molecular weight excluding hydrogens is 403 g/mol. The van der Waals surface area contributed by atoms with Crippen LogP contribution in [0.4, 0.5) is 15.8 Å². The second-order valence-electron chi connectivity index (χ2n) is 8.58. The van der Waals surface area contributed by atoms with Crippen LogP contribution in [0.2, 0.25) is 0 Å². The third-order valence-electron chi connectivity index (χ3n) is 6.22. The molecule has 0 bridgehead atoms. The molecule has 1 aliphatic rings. The van der Waals surface area contributed by atoms with E-state index in [2.05, 4.69) is 13.8 Å². The lowest BCUT2D eigenvalue weighted by Gasteiger charge is -2.41. The van der Waals surface area contributed by atoms with E-state index < -0.39 is 11.9 Å². The van der Waals surface area contributed by atoms with Crippen molar-refractivity contribution in [1.29, 1.82) is 0 Å². The van der Waals surface area contributed by atoms with Crippen molar-refractivity contribution in [2.24, 2.45) is 0 Å². The Bertz CT molecular complexity index is 1170. The van der Waals surface area contributed by atoms with Gasteiger partial charge < -0.3 is 4.90 Å². The lowest BCUT2D eigenvalue weighted by molar-refractivity contribution is -0.128. The third kappa shape index (κ3) is 3.79. The predicted molar refractivity (Wildman–Crippen MR) is 125 cm³/mol. The Morgan fingerprint density at radius 3 is 2.19 bits per heavy atom. The van der Waals surface area contributed by atoms with Crippen LogP contribution >= 0.6 is 0 Å². The maximum absolute atomic E-state index is 14.8. The van der Waals surface area contributed by atoms with Gasteiger partial charge in [-0.25, -0.2) is 4.39 Å². The first-order valence-corrected chi connectivity index (χ1v) is 10.8. The molecule has 1 heterocycles. The summed E-state index contributed by atoms with van der Waals surface area (Å²) in [6.07, 6.45) is 0.